The van der Waals surface area contributed by atoms with Crippen molar-refractivity contribution < 1.29 is 4.74 Å². The second-order valence-electron chi connectivity index (χ2n) is 5.63. The molecular formula is C18H16N4O2S. The molecule has 0 aliphatic carbocycles. The molecule has 0 aliphatic heterocycles. The van der Waals surface area contributed by atoms with Gasteiger partial charge < -0.3 is 9.72 Å². The minimum absolute atomic E-state index is 0.0258. The molecule has 2 heterocycles. The Bertz CT molecular complexity index is 1130. The van der Waals surface area contributed by atoms with Gasteiger partial charge in [-0.3, -0.25) is 9.48 Å². The number of fused-ring (bicyclic) bond motifs is 2. The maximum atomic E-state index is 12.2. The Labute approximate surface area is 147 Å². The standard InChI is InChI=1S/C18H16N4O2S/c1-22-17-12(5-3-4-6-16(17)23)15(21-22)10-25-18-19-13-8-7-11(24-2)9-14(13)20-18/h3-9H,10H2,1-2H3,(H,19,20). The van der Waals surface area contributed by atoms with Gasteiger partial charge in [-0.15, -0.1) is 0 Å². The maximum Gasteiger partial charge on any atom is 0.204 e. The van der Waals surface area contributed by atoms with E-state index in [1.807, 2.05) is 30.3 Å². The largest absolute Gasteiger partial charge is 0.497 e. The van der Waals surface area contributed by atoms with Crippen molar-refractivity contribution in [3.8, 4) is 5.75 Å². The van der Waals surface area contributed by atoms with Gasteiger partial charge in [0.2, 0.25) is 5.43 Å². The van der Waals surface area contributed by atoms with Crippen molar-refractivity contribution in [3.05, 3.63) is 58.4 Å². The zero-order chi connectivity index (χ0) is 17.4. The molecule has 25 heavy (non-hydrogen) atoms. The summed E-state index contributed by atoms with van der Waals surface area (Å²) >= 11 is 1.56. The molecule has 0 saturated carbocycles. The number of aryl methyl sites for hydroxylation is 1. The maximum absolute atomic E-state index is 12.2. The quantitative estimate of drug-likeness (QED) is 0.571. The molecule has 6 nitrogen and oxygen atoms in total. The van der Waals surface area contributed by atoms with Gasteiger partial charge >= 0.3 is 0 Å². The van der Waals surface area contributed by atoms with E-state index in [2.05, 4.69) is 15.1 Å². The number of nitrogens with zero attached hydrogens (tertiary/aromatic N) is 3. The Morgan fingerprint density at radius 1 is 1.24 bits per heavy atom. The van der Waals surface area contributed by atoms with Crippen LogP contribution in [0.4, 0.5) is 0 Å². The average Bonchev–Trinajstić information content (AvgIpc) is 3.09. The van der Waals surface area contributed by atoms with Gasteiger partial charge in [-0.05, 0) is 18.2 Å². The molecule has 7 heteroatoms. The number of ether oxygens (including phenoxy) is 1. The van der Waals surface area contributed by atoms with E-state index in [9.17, 15) is 4.79 Å². The minimum Gasteiger partial charge on any atom is -0.497 e. The molecule has 2 aromatic carbocycles. The Morgan fingerprint density at radius 2 is 2.08 bits per heavy atom. The van der Waals surface area contributed by atoms with E-state index in [1.54, 1.807) is 42.7 Å². The van der Waals surface area contributed by atoms with E-state index >= 15 is 0 Å². The molecule has 0 spiro atoms. The zero-order valence-electron chi connectivity index (χ0n) is 13.8. The van der Waals surface area contributed by atoms with Crippen LogP contribution in [0.5, 0.6) is 5.75 Å². The average molecular weight is 352 g/mol. The van der Waals surface area contributed by atoms with Gasteiger partial charge in [0.15, 0.2) is 5.16 Å². The van der Waals surface area contributed by atoms with E-state index in [4.69, 9.17) is 4.74 Å². The fraction of sp³-hybridized carbons (Fsp3) is 0.167. The highest BCUT2D eigenvalue weighted by Crippen LogP contribution is 2.27. The third kappa shape index (κ3) is 2.87. The number of hydrogen-bond donors (Lipinski definition) is 1. The Morgan fingerprint density at radius 3 is 2.92 bits per heavy atom. The van der Waals surface area contributed by atoms with Crippen molar-refractivity contribution in [1.29, 1.82) is 0 Å². The molecule has 0 atom stereocenters. The van der Waals surface area contributed by atoms with Crippen LogP contribution in [0.15, 0.2) is 52.4 Å². The van der Waals surface area contributed by atoms with E-state index in [0.717, 1.165) is 33.0 Å². The van der Waals surface area contributed by atoms with Crippen LogP contribution in [0, 0.1) is 0 Å². The SMILES string of the molecule is COc1ccc2nc(SCc3nn(C)c4c(=O)ccccc34)[nH]c2c1. The topological polar surface area (TPSA) is 72.8 Å². The predicted molar refractivity (Wildman–Crippen MR) is 99.2 cm³/mol. The highest BCUT2D eigenvalue weighted by molar-refractivity contribution is 7.98. The number of H-pyrrole nitrogens is 1. The van der Waals surface area contributed by atoms with Crippen LogP contribution in [0.3, 0.4) is 0 Å². The Balaban J connectivity index is 1.66. The number of rotatable bonds is 4. The third-order valence-electron chi connectivity index (χ3n) is 4.03. The van der Waals surface area contributed by atoms with Crippen LogP contribution in [0.1, 0.15) is 5.69 Å². The number of methoxy groups -OCH3 is 1. The third-order valence-corrected chi connectivity index (χ3v) is 4.91. The van der Waals surface area contributed by atoms with Crippen molar-refractivity contribution in [2.75, 3.05) is 7.11 Å². The molecule has 1 N–H and O–H groups in total. The molecule has 126 valence electrons. The summed E-state index contributed by atoms with van der Waals surface area (Å²) in [6, 6.07) is 12.9. The zero-order valence-corrected chi connectivity index (χ0v) is 14.6. The molecule has 0 radical (unpaired) electrons. The molecule has 4 rings (SSSR count). The number of imidazole rings is 1. The van der Waals surface area contributed by atoms with Gasteiger partial charge in [0.1, 0.15) is 11.3 Å². The number of aromatic amines is 1. The summed E-state index contributed by atoms with van der Waals surface area (Å²) in [5.41, 5.74) is 3.29. The highest BCUT2D eigenvalue weighted by atomic mass is 32.2. The van der Waals surface area contributed by atoms with Gasteiger partial charge in [-0.2, -0.15) is 5.10 Å². The molecule has 4 aromatic rings. The minimum atomic E-state index is -0.0258. The van der Waals surface area contributed by atoms with Crippen LogP contribution in [0.25, 0.3) is 21.9 Å². The predicted octanol–water partition coefficient (Wildman–Crippen LogP) is 3.11. The number of thioether (sulfide) groups is 1. The van der Waals surface area contributed by atoms with E-state index in [1.165, 1.54) is 0 Å². The lowest BCUT2D eigenvalue weighted by atomic mass is 10.3. The summed E-state index contributed by atoms with van der Waals surface area (Å²) in [6.07, 6.45) is 0. The number of aromatic nitrogens is 4. The van der Waals surface area contributed by atoms with Gasteiger partial charge in [-0.25, -0.2) is 4.98 Å². The summed E-state index contributed by atoms with van der Waals surface area (Å²) in [6.45, 7) is 0. The van der Waals surface area contributed by atoms with Crippen LogP contribution < -0.4 is 10.2 Å². The van der Waals surface area contributed by atoms with E-state index in [-0.39, 0.29) is 5.43 Å². The fourth-order valence-electron chi connectivity index (χ4n) is 2.84. The normalized spacial score (nSPS) is 11.3. The summed E-state index contributed by atoms with van der Waals surface area (Å²) in [4.78, 5) is 20.0. The molecule has 0 saturated heterocycles. The summed E-state index contributed by atoms with van der Waals surface area (Å²) in [5.74, 6) is 1.41. The number of nitrogens with one attached hydrogen (secondary N) is 1. The van der Waals surface area contributed by atoms with Crippen LogP contribution in [-0.2, 0) is 12.8 Å². The Kier molecular flexibility index (Phi) is 3.93. The molecule has 0 amide bonds. The first-order valence-electron chi connectivity index (χ1n) is 7.77. The van der Waals surface area contributed by atoms with Crippen LogP contribution in [-0.4, -0.2) is 26.9 Å². The first-order chi connectivity index (χ1) is 12.2. The highest BCUT2D eigenvalue weighted by Gasteiger charge is 2.12. The lowest BCUT2D eigenvalue weighted by Gasteiger charge is -1.96. The number of hydrogen-bond acceptors (Lipinski definition) is 5. The van der Waals surface area contributed by atoms with Gasteiger partial charge in [0.05, 0.1) is 23.8 Å². The van der Waals surface area contributed by atoms with Crippen molar-refractivity contribution in [1.82, 2.24) is 19.7 Å². The molecule has 2 aromatic heterocycles. The number of benzene rings is 1. The second kappa shape index (κ2) is 6.25. The molecular weight excluding hydrogens is 336 g/mol. The van der Waals surface area contributed by atoms with Crippen molar-refractivity contribution in [2.45, 2.75) is 10.9 Å². The fourth-order valence-corrected chi connectivity index (χ4v) is 3.67. The Hall–Kier alpha value is -2.80. The summed E-state index contributed by atoms with van der Waals surface area (Å²) < 4.78 is 6.88. The lowest BCUT2D eigenvalue weighted by Crippen LogP contribution is -2.02. The summed E-state index contributed by atoms with van der Waals surface area (Å²) in [5, 5.41) is 6.20. The molecule has 0 fully saturated rings. The van der Waals surface area contributed by atoms with Crippen molar-refractivity contribution >= 4 is 33.7 Å². The van der Waals surface area contributed by atoms with Crippen molar-refractivity contribution in [3.63, 3.8) is 0 Å². The van der Waals surface area contributed by atoms with Crippen molar-refractivity contribution in [2.24, 2.45) is 7.05 Å². The van der Waals surface area contributed by atoms with Gasteiger partial charge in [0.25, 0.3) is 0 Å². The first kappa shape index (κ1) is 15.7. The van der Waals surface area contributed by atoms with E-state index < -0.39 is 0 Å². The molecule has 0 unspecified atom stereocenters. The van der Waals surface area contributed by atoms with E-state index in [0.29, 0.717) is 11.3 Å². The molecule has 0 aliphatic rings. The van der Waals surface area contributed by atoms with Crippen LogP contribution >= 0.6 is 11.8 Å². The monoisotopic (exact) mass is 352 g/mol. The first-order valence-corrected chi connectivity index (χ1v) is 8.76. The molecule has 0 bridgehead atoms. The smallest absolute Gasteiger partial charge is 0.204 e. The second-order valence-corrected chi connectivity index (χ2v) is 6.59. The summed E-state index contributed by atoms with van der Waals surface area (Å²) in [7, 11) is 3.44. The lowest BCUT2D eigenvalue weighted by molar-refractivity contribution is 0.415. The van der Waals surface area contributed by atoms with Gasteiger partial charge in [-0.1, -0.05) is 30.0 Å². The van der Waals surface area contributed by atoms with Gasteiger partial charge in [0, 0.05) is 24.3 Å². The van der Waals surface area contributed by atoms with Crippen LogP contribution in [0.2, 0.25) is 0 Å².